The van der Waals surface area contributed by atoms with Gasteiger partial charge in [-0.3, -0.25) is 9.59 Å². The molecule has 0 atom stereocenters. The number of nitrogens with zero attached hydrogens (tertiary/aromatic N) is 2. The van der Waals surface area contributed by atoms with Crippen molar-refractivity contribution < 1.29 is 14.1 Å². The molecule has 7 nitrogen and oxygen atoms in total. The number of ether oxygens (including phenoxy) is 1. The minimum Gasteiger partial charge on any atom is -0.457 e. The van der Waals surface area contributed by atoms with Gasteiger partial charge in [-0.05, 0) is 38.3 Å². The van der Waals surface area contributed by atoms with Crippen LogP contribution in [0.25, 0.3) is 0 Å². The minimum atomic E-state index is -0.408. The van der Waals surface area contributed by atoms with Gasteiger partial charge in [0.05, 0.1) is 5.69 Å². The van der Waals surface area contributed by atoms with E-state index in [1.807, 2.05) is 6.07 Å². The Bertz CT molecular complexity index is 827. The Kier molecular flexibility index (Phi) is 4.96. The predicted molar refractivity (Wildman–Crippen MR) is 80.6 cm³/mol. The molecule has 120 valence electrons. The van der Waals surface area contributed by atoms with Crippen LogP contribution in [0.15, 0.2) is 15.4 Å². The number of pyridine rings is 1. The van der Waals surface area contributed by atoms with Crippen molar-refractivity contribution in [2.75, 3.05) is 0 Å². The van der Waals surface area contributed by atoms with E-state index in [1.54, 1.807) is 26.8 Å². The SMILES string of the molecule is Cc1cc(COC(=O)CCc2c(C)[nH]c(=O)c(C#N)c2C)on1. The second-order valence-electron chi connectivity index (χ2n) is 5.26. The summed E-state index contributed by atoms with van der Waals surface area (Å²) < 4.78 is 10.1. The molecule has 7 heteroatoms. The summed E-state index contributed by atoms with van der Waals surface area (Å²) in [5.41, 5.74) is 2.44. The molecular formula is C16H17N3O4. The molecule has 0 aliphatic carbocycles. The van der Waals surface area contributed by atoms with Gasteiger partial charge < -0.3 is 14.2 Å². The zero-order valence-electron chi connectivity index (χ0n) is 13.2. The minimum absolute atomic E-state index is 0.0344. The van der Waals surface area contributed by atoms with Gasteiger partial charge in [0.15, 0.2) is 12.4 Å². The lowest BCUT2D eigenvalue weighted by Crippen LogP contribution is -2.17. The van der Waals surface area contributed by atoms with E-state index in [0.717, 1.165) is 11.3 Å². The Morgan fingerprint density at radius 3 is 2.78 bits per heavy atom. The Labute approximate surface area is 132 Å². The molecule has 2 rings (SSSR count). The lowest BCUT2D eigenvalue weighted by molar-refractivity contribution is -0.145. The largest absolute Gasteiger partial charge is 0.457 e. The number of carbonyl (C=O) groups excluding carboxylic acids is 1. The molecule has 0 aliphatic heterocycles. The van der Waals surface area contributed by atoms with Gasteiger partial charge in [0.1, 0.15) is 11.6 Å². The molecule has 0 fully saturated rings. The standard InChI is InChI=1S/C16H17N3O4/c1-9-6-12(23-19-9)8-22-15(20)5-4-13-10(2)14(7-17)16(21)18-11(13)3/h6H,4-5,8H2,1-3H3,(H,18,21). The highest BCUT2D eigenvalue weighted by atomic mass is 16.5. The van der Waals surface area contributed by atoms with Crippen molar-refractivity contribution in [1.29, 1.82) is 5.26 Å². The van der Waals surface area contributed by atoms with E-state index in [9.17, 15) is 9.59 Å². The first-order chi connectivity index (χ1) is 10.9. The maximum absolute atomic E-state index is 11.8. The Hall–Kier alpha value is -2.88. The number of H-pyrrole nitrogens is 1. The van der Waals surface area contributed by atoms with E-state index in [0.29, 0.717) is 23.4 Å². The monoisotopic (exact) mass is 315 g/mol. The van der Waals surface area contributed by atoms with Crippen molar-refractivity contribution in [3.63, 3.8) is 0 Å². The summed E-state index contributed by atoms with van der Waals surface area (Å²) in [7, 11) is 0. The van der Waals surface area contributed by atoms with Crippen LogP contribution in [0.1, 0.15) is 40.3 Å². The number of rotatable bonds is 5. The number of aromatic amines is 1. The van der Waals surface area contributed by atoms with Crippen molar-refractivity contribution in [3.8, 4) is 6.07 Å². The summed E-state index contributed by atoms with van der Waals surface area (Å²) >= 11 is 0. The second-order valence-corrected chi connectivity index (χ2v) is 5.26. The van der Waals surface area contributed by atoms with Gasteiger partial charge in [-0.15, -0.1) is 0 Å². The molecule has 0 aliphatic rings. The fraction of sp³-hybridized carbons (Fsp3) is 0.375. The summed E-state index contributed by atoms with van der Waals surface area (Å²) in [4.78, 5) is 26.1. The summed E-state index contributed by atoms with van der Waals surface area (Å²) in [6.45, 7) is 5.27. The van der Waals surface area contributed by atoms with E-state index < -0.39 is 5.56 Å². The zero-order chi connectivity index (χ0) is 17.0. The van der Waals surface area contributed by atoms with Crippen LogP contribution < -0.4 is 5.56 Å². The number of aromatic nitrogens is 2. The summed E-state index contributed by atoms with van der Waals surface area (Å²) in [6, 6.07) is 3.59. The molecule has 0 spiro atoms. The number of esters is 1. The van der Waals surface area contributed by atoms with Crippen molar-refractivity contribution >= 4 is 5.97 Å². The van der Waals surface area contributed by atoms with Gasteiger partial charge in [0, 0.05) is 18.2 Å². The van der Waals surface area contributed by atoms with Gasteiger partial charge in [-0.2, -0.15) is 5.26 Å². The average molecular weight is 315 g/mol. The first kappa shape index (κ1) is 16.5. The fourth-order valence-electron chi connectivity index (χ4n) is 2.36. The van der Waals surface area contributed by atoms with E-state index in [2.05, 4.69) is 10.1 Å². The Balaban J connectivity index is 1.99. The number of hydrogen-bond acceptors (Lipinski definition) is 6. The van der Waals surface area contributed by atoms with Gasteiger partial charge >= 0.3 is 5.97 Å². The average Bonchev–Trinajstić information content (AvgIpc) is 2.90. The molecule has 0 saturated carbocycles. The molecular weight excluding hydrogens is 298 g/mol. The number of nitrogens with one attached hydrogen (secondary N) is 1. The molecule has 2 heterocycles. The van der Waals surface area contributed by atoms with Crippen LogP contribution in [0.3, 0.4) is 0 Å². The van der Waals surface area contributed by atoms with E-state index >= 15 is 0 Å². The highest BCUT2D eigenvalue weighted by Gasteiger charge is 2.14. The van der Waals surface area contributed by atoms with Crippen molar-refractivity contribution in [2.24, 2.45) is 0 Å². The van der Waals surface area contributed by atoms with Gasteiger partial charge in [0.25, 0.3) is 5.56 Å². The van der Waals surface area contributed by atoms with Crippen LogP contribution in [0.4, 0.5) is 0 Å². The van der Waals surface area contributed by atoms with E-state index in [-0.39, 0.29) is 24.6 Å². The zero-order valence-corrected chi connectivity index (χ0v) is 13.2. The highest BCUT2D eigenvalue weighted by molar-refractivity contribution is 5.69. The molecule has 0 bridgehead atoms. The molecule has 23 heavy (non-hydrogen) atoms. The van der Waals surface area contributed by atoms with Gasteiger partial charge in [-0.1, -0.05) is 5.16 Å². The number of nitriles is 1. The van der Waals surface area contributed by atoms with E-state index in [1.165, 1.54) is 0 Å². The third-order valence-corrected chi connectivity index (χ3v) is 3.55. The lowest BCUT2D eigenvalue weighted by Gasteiger charge is -2.10. The smallest absolute Gasteiger partial charge is 0.306 e. The maximum atomic E-state index is 11.8. The quantitative estimate of drug-likeness (QED) is 0.843. The second kappa shape index (κ2) is 6.92. The van der Waals surface area contributed by atoms with Crippen LogP contribution in [-0.2, 0) is 22.6 Å². The summed E-state index contributed by atoms with van der Waals surface area (Å²) in [5.74, 6) is 0.0987. The molecule has 0 unspecified atom stereocenters. The van der Waals surface area contributed by atoms with Crippen molar-refractivity contribution in [2.45, 2.75) is 40.2 Å². The normalized spacial score (nSPS) is 10.3. The van der Waals surface area contributed by atoms with Crippen LogP contribution in [0.5, 0.6) is 0 Å². The van der Waals surface area contributed by atoms with Crippen molar-refractivity contribution in [3.05, 3.63) is 50.3 Å². The lowest BCUT2D eigenvalue weighted by atomic mass is 9.99. The Morgan fingerprint density at radius 1 is 1.43 bits per heavy atom. The molecule has 2 aromatic rings. The maximum Gasteiger partial charge on any atom is 0.306 e. The molecule has 0 radical (unpaired) electrons. The topological polar surface area (TPSA) is 109 Å². The number of aryl methyl sites for hydroxylation is 2. The fourth-order valence-corrected chi connectivity index (χ4v) is 2.36. The molecule has 2 aromatic heterocycles. The molecule has 0 saturated heterocycles. The Morgan fingerprint density at radius 2 is 2.17 bits per heavy atom. The molecule has 0 aromatic carbocycles. The van der Waals surface area contributed by atoms with Crippen LogP contribution >= 0.6 is 0 Å². The van der Waals surface area contributed by atoms with Crippen LogP contribution in [-0.4, -0.2) is 16.1 Å². The third-order valence-electron chi connectivity index (χ3n) is 3.55. The molecule has 1 N–H and O–H groups in total. The van der Waals surface area contributed by atoms with Crippen LogP contribution in [0.2, 0.25) is 0 Å². The highest BCUT2D eigenvalue weighted by Crippen LogP contribution is 2.15. The first-order valence-corrected chi connectivity index (χ1v) is 7.12. The number of carbonyl (C=O) groups is 1. The predicted octanol–water partition coefficient (Wildman–Crippen LogP) is 1.84. The van der Waals surface area contributed by atoms with Gasteiger partial charge in [-0.25, -0.2) is 0 Å². The number of hydrogen-bond donors (Lipinski definition) is 1. The van der Waals surface area contributed by atoms with Crippen molar-refractivity contribution in [1.82, 2.24) is 10.1 Å². The molecule has 0 amide bonds. The third kappa shape index (κ3) is 3.86. The van der Waals surface area contributed by atoms with E-state index in [4.69, 9.17) is 14.5 Å². The van der Waals surface area contributed by atoms with Gasteiger partial charge in [0.2, 0.25) is 0 Å². The van der Waals surface area contributed by atoms with Crippen LogP contribution in [0, 0.1) is 32.1 Å². The first-order valence-electron chi connectivity index (χ1n) is 7.12. The summed E-state index contributed by atoms with van der Waals surface area (Å²) in [6.07, 6.45) is 0.531. The summed E-state index contributed by atoms with van der Waals surface area (Å²) in [5, 5.41) is 12.7.